The van der Waals surface area contributed by atoms with Crippen LogP contribution in [0.25, 0.3) is 0 Å². The lowest BCUT2D eigenvalue weighted by atomic mass is 10.0. The number of ether oxygens (including phenoxy) is 1. The van der Waals surface area contributed by atoms with Gasteiger partial charge in [-0.2, -0.15) is 11.3 Å². The summed E-state index contributed by atoms with van der Waals surface area (Å²) in [6.07, 6.45) is 3.99. The maximum Gasteiger partial charge on any atom is 0.212 e. The van der Waals surface area contributed by atoms with Crippen LogP contribution in [-0.2, 0) is 6.42 Å². The number of hydrogen-bond donors (Lipinski definition) is 1. The quantitative estimate of drug-likeness (QED) is 0.841. The molecule has 1 unspecified atom stereocenters. The Morgan fingerprint density at radius 2 is 2.26 bits per heavy atom. The fraction of sp³-hybridized carbons (Fsp3) is 0.400. The van der Waals surface area contributed by atoms with Crippen LogP contribution in [0.15, 0.2) is 35.2 Å². The second-order valence-corrected chi connectivity index (χ2v) is 5.26. The first-order valence-corrected chi connectivity index (χ1v) is 7.52. The number of hydrogen-bond acceptors (Lipinski definition) is 4. The molecule has 1 N–H and O–H groups in total. The predicted molar refractivity (Wildman–Crippen MR) is 79.8 cm³/mol. The number of nitrogens with zero attached hydrogens (tertiary/aromatic N) is 1. The zero-order valence-corrected chi connectivity index (χ0v) is 12.2. The lowest BCUT2D eigenvalue weighted by Crippen LogP contribution is -2.23. The number of aromatic nitrogens is 1. The van der Waals surface area contributed by atoms with Crippen LogP contribution in [0.3, 0.4) is 0 Å². The van der Waals surface area contributed by atoms with E-state index in [0.717, 1.165) is 19.4 Å². The molecule has 2 heterocycles. The van der Waals surface area contributed by atoms with Crippen molar-refractivity contribution in [2.24, 2.45) is 0 Å². The monoisotopic (exact) mass is 276 g/mol. The molecule has 2 aromatic heterocycles. The molecule has 0 aromatic carbocycles. The molecule has 0 fully saturated rings. The third-order valence-corrected chi connectivity index (χ3v) is 3.73. The first-order chi connectivity index (χ1) is 9.33. The average molecular weight is 276 g/mol. The summed E-state index contributed by atoms with van der Waals surface area (Å²) < 4.78 is 5.09. The van der Waals surface area contributed by atoms with Gasteiger partial charge in [-0.15, -0.1) is 0 Å². The lowest BCUT2D eigenvalue weighted by Gasteiger charge is -2.17. The molecule has 0 aliphatic rings. The second-order valence-electron chi connectivity index (χ2n) is 4.48. The van der Waals surface area contributed by atoms with Crippen LogP contribution >= 0.6 is 11.3 Å². The van der Waals surface area contributed by atoms with Gasteiger partial charge in [-0.1, -0.05) is 13.0 Å². The highest BCUT2D eigenvalue weighted by Crippen LogP contribution is 2.21. The first-order valence-electron chi connectivity index (χ1n) is 6.58. The largest absolute Gasteiger partial charge is 0.481 e. The van der Waals surface area contributed by atoms with Crippen molar-refractivity contribution in [2.75, 3.05) is 13.7 Å². The van der Waals surface area contributed by atoms with E-state index in [1.165, 1.54) is 11.1 Å². The van der Waals surface area contributed by atoms with Gasteiger partial charge in [0.05, 0.1) is 7.11 Å². The molecule has 0 saturated carbocycles. The highest BCUT2D eigenvalue weighted by molar-refractivity contribution is 7.07. The SMILES string of the molecule is CCCNC(Cc1ccc(OC)nc1)c1ccsc1. The molecule has 1 atom stereocenters. The van der Waals surface area contributed by atoms with Gasteiger partial charge in [-0.05, 0) is 47.3 Å². The summed E-state index contributed by atoms with van der Waals surface area (Å²) >= 11 is 1.74. The van der Waals surface area contributed by atoms with E-state index in [1.54, 1.807) is 18.4 Å². The van der Waals surface area contributed by atoms with Crippen LogP contribution in [0.5, 0.6) is 5.88 Å². The minimum absolute atomic E-state index is 0.362. The fourth-order valence-electron chi connectivity index (χ4n) is 1.99. The number of methoxy groups -OCH3 is 1. The molecule has 0 bridgehead atoms. The van der Waals surface area contributed by atoms with E-state index in [0.29, 0.717) is 11.9 Å². The second kappa shape index (κ2) is 7.26. The van der Waals surface area contributed by atoms with Crippen LogP contribution in [0.1, 0.15) is 30.5 Å². The van der Waals surface area contributed by atoms with Gasteiger partial charge in [0.2, 0.25) is 5.88 Å². The van der Waals surface area contributed by atoms with Gasteiger partial charge in [0.1, 0.15) is 0 Å². The molecule has 2 rings (SSSR count). The number of rotatable bonds is 7. The Labute approximate surface area is 118 Å². The van der Waals surface area contributed by atoms with Crippen LogP contribution in [-0.4, -0.2) is 18.6 Å². The van der Waals surface area contributed by atoms with Crippen molar-refractivity contribution in [3.63, 3.8) is 0 Å². The van der Waals surface area contributed by atoms with Gasteiger partial charge < -0.3 is 10.1 Å². The lowest BCUT2D eigenvalue weighted by molar-refractivity contribution is 0.397. The molecule has 0 spiro atoms. The van der Waals surface area contributed by atoms with Crippen LogP contribution < -0.4 is 10.1 Å². The standard InChI is InChI=1S/C15H20N2OS/c1-3-7-16-14(13-6-8-19-11-13)9-12-4-5-15(18-2)17-10-12/h4-6,8,10-11,14,16H,3,7,9H2,1-2H3. The van der Waals surface area contributed by atoms with E-state index < -0.39 is 0 Å². The minimum atomic E-state index is 0.362. The maximum atomic E-state index is 5.09. The van der Waals surface area contributed by atoms with Gasteiger partial charge >= 0.3 is 0 Å². The van der Waals surface area contributed by atoms with Crippen molar-refractivity contribution in [2.45, 2.75) is 25.8 Å². The molecule has 102 valence electrons. The Morgan fingerprint density at radius 3 is 2.84 bits per heavy atom. The molecule has 3 nitrogen and oxygen atoms in total. The Bertz CT molecular complexity index is 467. The molecule has 0 aliphatic carbocycles. The molecular formula is C15H20N2OS. The highest BCUT2D eigenvalue weighted by Gasteiger charge is 2.12. The van der Waals surface area contributed by atoms with E-state index in [2.05, 4.69) is 40.1 Å². The van der Waals surface area contributed by atoms with Crippen molar-refractivity contribution in [3.05, 3.63) is 46.3 Å². The molecule has 4 heteroatoms. The van der Waals surface area contributed by atoms with E-state index in [4.69, 9.17) is 4.74 Å². The average Bonchev–Trinajstić information content (AvgIpc) is 2.98. The summed E-state index contributed by atoms with van der Waals surface area (Å²) in [5, 5.41) is 7.94. The molecular weight excluding hydrogens is 256 g/mol. The van der Waals surface area contributed by atoms with E-state index >= 15 is 0 Å². The zero-order chi connectivity index (χ0) is 13.5. The topological polar surface area (TPSA) is 34.1 Å². The summed E-state index contributed by atoms with van der Waals surface area (Å²) in [7, 11) is 1.64. The Hall–Kier alpha value is -1.39. The number of pyridine rings is 1. The minimum Gasteiger partial charge on any atom is -0.481 e. The number of nitrogens with one attached hydrogen (secondary N) is 1. The van der Waals surface area contributed by atoms with Crippen LogP contribution in [0.4, 0.5) is 0 Å². The smallest absolute Gasteiger partial charge is 0.212 e. The Morgan fingerprint density at radius 1 is 1.37 bits per heavy atom. The zero-order valence-electron chi connectivity index (χ0n) is 11.4. The van der Waals surface area contributed by atoms with Crippen molar-refractivity contribution in [1.82, 2.24) is 10.3 Å². The van der Waals surface area contributed by atoms with Crippen LogP contribution in [0.2, 0.25) is 0 Å². The van der Waals surface area contributed by atoms with E-state index in [1.807, 2.05) is 12.3 Å². The molecule has 0 amide bonds. The summed E-state index contributed by atoms with van der Waals surface area (Å²) in [6, 6.07) is 6.55. The van der Waals surface area contributed by atoms with Crippen molar-refractivity contribution in [1.29, 1.82) is 0 Å². The molecule has 19 heavy (non-hydrogen) atoms. The summed E-state index contributed by atoms with van der Waals surface area (Å²) in [5.74, 6) is 0.664. The normalized spacial score (nSPS) is 12.3. The molecule has 0 saturated heterocycles. The molecule has 0 aliphatic heterocycles. The van der Waals surface area contributed by atoms with E-state index in [-0.39, 0.29) is 0 Å². The fourth-order valence-corrected chi connectivity index (χ4v) is 2.70. The van der Waals surface area contributed by atoms with Gasteiger partial charge in [0, 0.05) is 18.3 Å². The summed E-state index contributed by atoms with van der Waals surface area (Å²) in [4.78, 5) is 4.26. The van der Waals surface area contributed by atoms with Gasteiger partial charge in [-0.3, -0.25) is 0 Å². The van der Waals surface area contributed by atoms with Gasteiger partial charge in [0.25, 0.3) is 0 Å². The van der Waals surface area contributed by atoms with Gasteiger partial charge in [0.15, 0.2) is 0 Å². The van der Waals surface area contributed by atoms with E-state index in [9.17, 15) is 0 Å². The van der Waals surface area contributed by atoms with Crippen molar-refractivity contribution < 1.29 is 4.74 Å². The summed E-state index contributed by atoms with van der Waals surface area (Å²) in [5.41, 5.74) is 2.58. The third kappa shape index (κ3) is 4.04. The molecule has 0 radical (unpaired) electrons. The number of thiophene rings is 1. The molecule has 2 aromatic rings. The summed E-state index contributed by atoms with van der Waals surface area (Å²) in [6.45, 7) is 3.22. The maximum absolute atomic E-state index is 5.09. The van der Waals surface area contributed by atoms with Crippen LogP contribution in [0, 0.1) is 0 Å². The Kier molecular flexibility index (Phi) is 5.36. The van der Waals surface area contributed by atoms with Crippen molar-refractivity contribution >= 4 is 11.3 Å². The third-order valence-electron chi connectivity index (χ3n) is 3.03. The first kappa shape index (κ1) is 14.0. The predicted octanol–water partition coefficient (Wildman–Crippen LogP) is 3.44. The van der Waals surface area contributed by atoms with Gasteiger partial charge in [-0.25, -0.2) is 4.98 Å². The highest BCUT2D eigenvalue weighted by atomic mass is 32.1. The Balaban J connectivity index is 2.06. The van der Waals surface area contributed by atoms with Crippen molar-refractivity contribution in [3.8, 4) is 5.88 Å².